The van der Waals surface area contributed by atoms with Crippen molar-refractivity contribution in [2.24, 2.45) is 0 Å². The number of rotatable bonds is 5. The lowest BCUT2D eigenvalue weighted by Gasteiger charge is -2.12. The van der Waals surface area contributed by atoms with Gasteiger partial charge in [0.2, 0.25) is 5.91 Å². The van der Waals surface area contributed by atoms with Gasteiger partial charge in [-0.2, -0.15) is 0 Å². The molecule has 2 heterocycles. The van der Waals surface area contributed by atoms with E-state index in [2.05, 4.69) is 27.3 Å². The molecule has 1 aromatic heterocycles. The molecule has 0 fully saturated rings. The molecule has 1 aromatic carbocycles. The van der Waals surface area contributed by atoms with E-state index in [9.17, 15) is 4.79 Å². The van der Waals surface area contributed by atoms with Gasteiger partial charge in [0.05, 0.1) is 27.7 Å². The minimum Gasteiger partial charge on any atom is -0.490 e. The highest BCUT2D eigenvalue weighted by Crippen LogP contribution is 2.37. The lowest BCUT2D eigenvalue weighted by atomic mass is 10.2. The zero-order valence-corrected chi connectivity index (χ0v) is 16.1. The number of ether oxygens (including phenoxy) is 2. The van der Waals surface area contributed by atoms with Crippen LogP contribution in [-0.4, -0.2) is 19.1 Å². The summed E-state index contributed by atoms with van der Waals surface area (Å²) in [4.78, 5) is 13.4. The molecule has 0 atom stereocenters. The Balaban J connectivity index is 1.56. The van der Waals surface area contributed by atoms with Crippen molar-refractivity contribution in [2.75, 3.05) is 18.5 Å². The lowest BCUT2D eigenvalue weighted by molar-refractivity contribution is -0.116. The predicted octanol–water partition coefficient (Wildman–Crippen LogP) is 5.29. The summed E-state index contributed by atoms with van der Waals surface area (Å²) in [6, 6.07) is 7.53. The van der Waals surface area contributed by atoms with Crippen LogP contribution in [0.3, 0.4) is 0 Å². The summed E-state index contributed by atoms with van der Waals surface area (Å²) < 4.78 is 12.3. The summed E-state index contributed by atoms with van der Waals surface area (Å²) in [5.41, 5.74) is 0.560. The fraction of sp³-hybridized carbons (Fsp3) is 0.353. The Kier molecular flexibility index (Phi) is 6.03. The van der Waals surface area contributed by atoms with Crippen molar-refractivity contribution < 1.29 is 14.3 Å². The number of amides is 1. The SMILES string of the molecule is O=C(CCCc1ccc(Br)s1)Nc1cc2c(cc1Cl)OCCCO2. The van der Waals surface area contributed by atoms with Crippen LogP contribution in [0.5, 0.6) is 11.5 Å². The van der Waals surface area contributed by atoms with Crippen LogP contribution >= 0.6 is 38.9 Å². The first-order chi connectivity index (χ1) is 11.6. The molecule has 4 nitrogen and oxygen atoms in total. The second-order valence-electron chi connectivity index (χ2n) is 5.44. The first kappa shape index (κ1) is 17.6. The highest BCUT2D eigenvalue weighted by molar-refractivity contribution is 9.11. The smallest absolute Gasteiger partial charge is 0.224 e. The molecule has 0 saturated carbocycles. The largest absolute Gasteiger partial charge is 0.490 e. The van der Waals surface area contributed by atoms with Crippen LogP contribution in [0, 0.1) is 0 Å². The Hall–Kier alpha value is -1.24. The molecule has 1 aliphatic heterocycles. The van der Waals surface area contributed by atoms with Crippen molar-refractivity contribution >= 4 is 50.5 Å². The zero-order chi connectivity index (χ0) is 16.9. The Morgan fingerprint density at radius 3 is 2.71 bits per heavy atom. The minimum absolute atomic E-state index is 0.0537. The van der Waals surface area contributed by atoms with E-state index in [1.54, 1.807) is 23.5 Å². The molecular weight excluding hydrogens is 414 g/mol. The maximum absolute atomic E-state index is 12.1. The molecule has 0 saturated heterocycles. The molecule has 0 spiro atoms. The molecule has 0 radical (unpaired) electrons. The number of anilines is 1. The maximum Gasteiger partial charge on any atom is 0.224 e. The van der Waals surface area contributed by atoms with Crippen LogP contribution in [0.25, 0.3) is 0 Å². The number of fused-ring (bicyclic) bond motifs is 1. The summed E-state index contributed by atoms with van der Waals surface area (Å²) in [6.07, 6.45) is 2.95. The number of carbonyl (C=O) groups excluding carboxylic acids is 1. The highest BCUT2D eigenvalue weighted by atomic mass is 79.9. The molecule has 1 N–H and O–H groups in total. The topological polar surface area (TPSA) is 47.6 Å². The van der Waals surface area contributed by atoms with E-state index in [0.29, 0.717) is 41.8 Å². The third-order valence-electron chi connectivity index (χ3n) is 3.57. The standard InChI is InChI=1S/C17H17BrClNO3S/c18-16-6-5-11(24-16)3-1-4-17(21)20-13-10-15-14(9-12(13)19)22-7-2-8-23-15/h5-6,9-10H,1-4,7-8H2,(H,20,21). The average molecular weight is 431 g/mol. The van der Waals surface area contributed by atoms with Gasteiger partial charge < -0.3 is 14.8 Å². The molecule has 0 unspecified atom stereocenters. The summed E-state index contributed by atoms with van der Waals surface area (Å²) in [7, 11) is 0. The normalized spacial score (nSPS) is 13.4. The van der Waals surface area contributed by atoms with E-state index in [4.69, 9.17) is 21.1 Å². The number of nitrogens with one attached hydrogen (secondary N) is 1. The Bertz CT molecular complexity index is 735. The van der Waals surface area contributed by atoms with Crippen molar-refractivity contribution in [1.29, 1.82) is 0 Å². The monoisotopic (exact) mass is 429 g/mol. The van der Waals surface area contributed by atoms with Gasteiger partial charge in [-0.15, -0.1) is 11.3 Å². The van der Waals surface area contributed by atoms with Crippen molar-refractivity contribution in [3.8, 4) is 11.5 Å². The van der Waals surface area contributed by atoms with Crippen molar-refractivity contribution in [3.63, 3.8) is 0 Å². The highest BCUT2D eigenvalue weighted by Gasteiger charge is 2.15. The number of aryl methyl sites for hydroxylation is 1. The van der Waals surface area contributed by atoms with Crippen molar-refractivity contribution in [3.05, 3.63) is 38.0 Å². The van der Waals surface area contributed by atoms with E-state index in [1.165, 1.54) is 4.88 Å². The molecule has 128 valence electrons. The molecule has 0 aliphatic carbocycles. The average Bonchev–Trinajstić information content (AvgIpc) is 2.82. The van der Waals surface area contributed by atoms with Gasteiger partial charge in [-0.05, 0) is 40.9 Å². The van der Waals surface area contributed by atoms with Crippen LogP contribution in [0.4, 0.5) is 5.69 Å². The second-order valence-corrected chi connectivity index (χ2v) is 8.39. The Morgan fingerprint density at radius 2 is 2.00 bits per heavy atom. The third kappa shape index (κ3) is 4.65. The number of carbonyl (C=O) groups is 1. The number of benzene rings is 1. The van der Waals surface area contributed by atoms with Crippen LogP contribution in [-0.2, 0) is 11.2 Å². The van der Waals surface area contributed by atoms with E-state index in [0.717, 1.165) is 23.0 Å². The number of halogens is 2. The van der Waals surface area contributed by atoms with Gasteiger partial charge in [0.1, 0.15) is 0 Å². The van der Waals surface area contributed by atoms with Gasteiger partial charge in [0, 0.05) is 29.9 Å². The molecular formula is C17H17BrClNO3S. The fourth-order valence-electron chi connectivity index (χ4n) is 2.40. The summed E-state index contributed by atoms with van der Waals surface area (Å²) >= 11 is 11.4. The van der Waals surface area contributed by atoms with Gasteiger partial charge in [0.25, 0.3) is 0 Å². The molecule has 2 aromatic rings. The number of hydrogen-bond donors (Lipinski definition) is 1. The van der Waals surface area contributed by atoms with E-state index in [-0.39, 0.29) is 5.91 Å². The van der Waals surface area contributed by atoms with Crippen molar-refractivity contribution in [1.82, 2.24) is 0 Å². The molecule has 0 bridgehead atoms. The minimum atomic E-state index is -0.0537. The summed E-state index contributed by atoms with van der Waals surface area (Å²) in [5, 5.41) is 3.31. The first-order valence-electron chi connectivity index (χ1n) is 7.75. The van der Waals surface area contributed by atoms with Crippen LogP contribution in [0.1, 0.15) is 24.1 Å². The molecule has 3 rings (SSSR count). The lowest BCUT2D eigenvalue weighted by Crippen LogP contribution is -2.12. The molecule has 1 amide bonds. The quantitative estimate of drug-likeness (QED) is 0.701. The van der Waals surface area contributed by atoms with E-state index >= 15 is 0 Å². The van der Waals surface area contributed by atoms with Crippen LogP contribution in [0.15, 0.2) is 28.1 Å². The van der Waals surface area contributed by atoms with Crippen LogP contribution < -0.4 is 14.8 Å². The van der Waals surface area contributed by atoms with Gasteiger partial charge in [0.15, 0.2) is 11.5 Å². The molecule has 1 aliphatic rings. The van der Waals surface area contributed by atoms with Gasteiger partial charge in [-0.1, -0.05) is 11.6 Å². The summed E-state index contributed by atoms with van der Waals surface area (Å²) in [5.74, 6) is 1.19. The van der Waals surface area contributed by atoms with Gasteiger partial charge in [-0.3, -0.25) is 4.79 Å². The number of hydrogen-bond acceptors (Lipinski definition) is 4. The van der Waals surface area contributed by atoms with E-state index in [1.807, 2.05) is 6.07 Å². The van der Waals surface area contributed by atoms with Gasteiger partial charge >= 0.3 is 0 Å². The third-order valence-corrected chi connectivity index (χ3v) is 5.56. The second kappa shape index (κ2) is 8.23. The predicted molar refractivity (Wildman–Crippen MR) is 101 cm³/mol. The van der Waals surface area contributed by atoms with Crippen molar-refractivity contribution in [2.45, 2.75) is 25.7 Å². The number of thiophene rings is 1. The Labute approximate surface area is 158 Å². The Morgan fingerprint density at radius 1 is 1.25 bits per heavy atom. The van der Waals surface area contributed by atoms with Gasteiger partial charge in [-0.25, -0.2) is 0 Å². The zero-order valence-electron chi connectivity index (χ0n) is 12.9. The summed E-state index contributed by atoms with van der Waals surface area (Å²) in [6.45, 7) is 1.20. The first-order valence-corrected chi connectivity index (χ1v) is 9.74. The molecule has 7 heteroatoms. The maximum atomic E-state index is 12.1. The van der Waals surface area contributed by atoms with Crippen LogP contribution in [0.2, 0.25) is 5.02 Å². The molecule has 24 heavy (non-hydrogen) atoms. The fourth-order valence-corrected chi connectivity index (χ4v) is 4.13. The van der Waals surface area contributed by atoms with E-state index < -0.39 is 0 Å².